The molecule has 0 bridgehead atoms. The fourth-order valence-electron chi connectivity index (χ4n) is 2.24. The molecule has 0 spiro atoms. The van der Waals surface area contributed by atoms with Gasteiger partial charge in [0.05, 0.1) is 12.3 Å². The summed E-state index contributed by atoms with van der Waals surface area (Å²) < 4.78 is 6.68. The minimum absolute atomic E-state index is 0.0101. The van der Waals surface area contributed by atoms with E-state index in [9.17, 15) is 4.79 Å². The topological polar surface area (TPSA) is 43.3 Å². The van der Waals surface area contributed by atoms with Crippen LogP contribution in [0.2, 0.25) is 0 Å². The summed E-state index contributed by atoms with van der Waals surface area (Å²) in [5.74, 6) is 0. The summed E-state index contributed by atoms with van der Waals surface area (Å²) in [5, 5.41) is 3.36. The Hall–Kier alpha value is -2.07. The molecular formula is C17H22N2O2. The van der Waals surface area contributed by atoms with Crippen LogP contribution in [-0.2, 0) is 17.8 Å². The van der Waals surface area contributed by atoms with Gasteiger partial charge in [-0.3, -0.25) is 4.79 Å². The van der Waals surface area contributed by atoms with Crippen LogP contribution in [0.25, 0.3) is 0 Å². The van der Waals surface area contributed by atoms with Crippen molar-refractivity contribution in [3.63, 3.8) is 0 Å². The van der Waals surface area contributed by atoms with Crippen LogP contribution in [0.1, 0.15) is 16.7 Å². The molecule has 0 radical (unpaired) electrons. The molecule has 0 aliphatic rings. The highest BCUT2D eigenvalue weighted by Crippen LogP contribution is 2.13. The number of benzene rings is 1. The molecule has 4 heteroatoms. The molecular weight excluding hydrogens is 264 g/mol. The molecule has 0 aliphatic heterocycles. The first kappa shape index (κ1) is 15.3. The van der Waals surface area contributed by atoms with Crippen molar-refractivity contribution in [1.82, 2.24) is 4.57 Å². The number of rotatable bonds is 6. The quantitative estimate of drug-likeness (QED) is 0.888. The summed E-state index contributed by atoms with van der Waals surface area (Å²) in [6, 6.07) is 9.83. The van der Waals surface area contributed by atoms with Crippen molar-refractivity contribution >= 4 is 5.69 Å². The first-order valence-electron chi connectivity index (χ1n) is 7.09. The van der Waals surface area contributed by atoms with Gasteiger partial charge in [-0.2, -0.15) is 0 Å². The Balaban J connectivity index is 2.07. The van der Waals surface area contributed by atoms with E-state index in [0.29, 0.717) is 13.2 Å². The number of aryl methyl sites for hydroxylation is 2. The van der Waals surface area contributed by atoms with Crippen LogP contribution in [0.5, 0.6) is 0 Å². The van der Waals surface area contributed by atoms with Gasteiger partial charge in [0, 0.05) is 32.5 Å². The number of nitrogens with one attached hydrogen (secondary N) is 1. The van der Waals surface area contributed by atoms with E-state index in [1.807, 2.05) is 12.3 Å². The molecule has 0 unspecified atom stereocenters. The molecule has 0 atom stereocenters. The zero-order valence-electron chi connectivity index (χ0n) is 12.8. The molecule has 21 heavy (non-hydrogen) atoms. The first-order chi connectivity index (χ1) is 10.1. The summed E-state index contributed by atoms with van der Waals surface area (Å²) in [6.45, 7) is 6.04. The summed E-state index contributed by atoms with van der Waals surface area (Å²) in [4.78, 5) is 11.7. The highest BCUT2D eigenvalue weighted by Gasteiger charge is 2.01. The monoisotopic (exact) mass is 286 g/mol. The number of anilines is 1. The van der Waals surface area contributed by atoms with Gasteiger partial charge in [0.15, 0.2) is 0 Å². The van der Waals surface area contributed by atoms with Gasteiger partial charge in [-0.05, 0) is 31.0 Å². The van der Waals surface area contributed by atoms with Crippen LogP contribution in [0.15, 0.2) is 41.3 Å². The van der Waals surface area contributed by atoms with E-state index in [-0.39, 0.29) is 5.56 Å². The third-order valence-corrected chi connectivity index (χ3v) is 3.50. The molecule has 0 saturated heterocycles. The zero-order valence-corrected chi connectivity index (χ0v) is 12.8. The lowest BCUT2D eigenvalue weighted by atomic mass is 10.1. The Kier molecular flexibility index (Phi) is 5.17. The van der Waals surface area contributed by atoms with Crippen LogP contribution >= 0.6 is 0 Å². The Morgan fingerprint density at radius 2 is 2.00 bits per heavy atom. The van der Waals surface area contributed by atoms with Gasteiger partial charge in [0.25, 0.3) is 5.56 Å². The first-order valence-corrected chi connectivity index (χ1v) is 7.09. The molecule has 1 heterocycles. The SMILES string of the molecule is COCCn1cc(NCc2ccc(C)cc2C)ccc1=O. The molecule has 112 valence electrons. The van der Waals surface area contributed by atoms with Crippen molar-refractivity contribution in [2.45, 2.75) is 26.9 Å². The second-order valence-corrected chi connectivity index (χ2v) is 5.23. The smallest absolute Gasteiger partial charge is 0.250 e. The van der Waals surface area contributed by atoms with Crippen LogP contribution in [0, 0.1) is 13.8 Å². The number of nitrogens with zero attached hydrogens (tertiary/aromatic N) is 1. The van der Waals surface area contributed by atoms with Crippen LogP contribution in [-0.4, -0.2) is 18.3 Å². The van der Waals surface area contributed by atoms with Crippen molar-refractivity contribution < 1.29 is 4.74 Å². The predicted octanol–water partition coefficient (Wildman–Crippen LogP) is 2.72. The second kappa shape index (κ2) is 7.09. The van der Waals surface area contributed by atoms with Gasteiger partial charge in [-0.15, -0.1) is 0 Å². The van der Waals surface area contributed by atoms with E-state index in [1.54, 1.807) is 17.7 Å². The van der Waals surface area contributed by atoms with Crippen molar-refractivity contribution in [3.8, 4) is 0 Å². The van der Waals surface area contributed by atoms with E-state index in [0.717, 1.165) is 12.2 Å². The van der Waals surface area contributed by atoms with Crippen molar-refractivity contribution in [2.24, 2.45) is 0 Å². The minimum Gasteiger partial charge on any atom is -0.383 e. The number of aromatic nitrogens is 1. The van der Waals surface area contributed by atoms with Gasteiger partial charge >= 0.3 is 0 Å². The Bertz CT molecular complexity index is 662. The average molecular weight is 286 g/mol. The van der Waals surface area contributed by atoms with Crippen LogP contribution in [0.3, 0.4) is 0 Å². The van der Waals surface area contributed by atoms with Crippen LogP contribution in [0.4, 0.5) is 5.69 Å². The van der Waals surface area contributed by atoms with E-state index < -0.39 is 0 Å². The Morgan fingerprint density at radius 3 is 2.71 bits per heavy atom. The number of ether oxygens (including phenoxy) is 1. The third-order valence-electron chi connectivity index (χ3n) is 3.50. The second-order valence-electron chi connectivity index (χ2n) is 5.23. The number of pyridine rings is 1. The van der Waals surface area contributed by atoms with Gasteiger partial charge in [0.1, 0.15) is 0 Å². The highest BCUT2D eigenvalue weighted by atomic mass is 16.5. The minimum atomic E-state index is -0.0101. The van der Waals surface area contributed by atoms with Gasteiger partial charge in [0.2, 0.25) is 0 Å². The number of hydrogen-bond acceptors (Lipinski definition) is 3. The normalized spacial score (nSPS) is 10.6. The fourth-order valence-corrected chi connectivity index (χ4v) is 2.24. The highest BCUT2D eigenvalue weighted by molar-refractivity contribution is 5.42. The van der Waals surface area contributed by atoms with Gasteiger partial charge < -0.3 is 14.6 Å². The maximum absolute atomic E-state index is 11.7. The van der Waals surface area contributed by atoms with E-state index in [1.165, 1.54) is 16.7 Å². The number of hydrogen-bond donors (Lipinski definition) is 1. The molecule has 0 aliphatic carbocycles. The van der Waals surface area contributed by atoms with Crippen molar-refractivity contribution in [3.05, 3.63) is 63.6 Å². The molecule has 1 aromatic heterocycles. The molecule has 0 amide bonds. The van der Waals surface area contributed by atoms with Crippen LogP contribution < -0.4 is 10.9 Å². The lowest BCUT2D eigenvalue weighted by Crippen LogP contribution is -2.21. The number of methoxy groups -OCH3 is 1. The third kappa shape index (κ3) is 4.20. The van der Waals surface area contributed by atoms with E-state index in [2.05, 4.69) is 37.4 Å². The molecule has 4 nitrogen and oxygen atoms in total. The lowest BCUT2D eigenvalue weighted by molar-refractivity contribution is 0.186. The van der Waals surface area contributed by atoms with Crippen molar-refractivity contribution in [2.75, 3.05) is 19.0 Å². The van der Waals surface area contributed by atoms with E-state index in [4.69, 9.17) is 4.74 Å². The standard InChI is InChI=1S/C17H22N2O2/c1-13-4-5-15(14(2)10-13)11-18-16-6-7-17(20)19(12-16)8-9-21-3/h4-7,10,12,18H,8-9,11H2,1-3H3. The summed E-state index contributed by atoms with van der Waals surface area (Å²) in [7, 11) is 1.63. The summed E-state index contributed by atoms with van der Waals surface area (Å²) >= 11 is 0. The Labute approximate surface area is 125 Å². The molecule has 2 aromatic rings. The zero-order chi connectivity index (χ0) is 15.2. The summed E-state index contributed by atoms with van der Waals surface area (Å²) in [5.41, 5.74) is 4.73. The molecule has 0 saturated carbocycles. The van der Waals surface area contributed by atoms with Crippen molar-refractivity contribution in [1.29, 1.82) is 0 Å². The maximum atomic E-state index is 11.7. The fraction of sp³-hybridized carbons (Fsp3) is 0.353. The lowest BCUT2D eigenvalue weighted by Gasteiger charge is -2.12. The maximum Gasteiger partial charge on any atom is 0.250 e. The molecule has 1 aromatic carbocycles. The molecule has 2 rings (SSSR count). The van der Waals surface area contributed by atoms with E-state index >= 15 is 0 Å². The predicted molar refractivity (Wildman–Crippen MR) is 85.8 cm³/mol. The largest absolute Gasteiger partial charge is 0.383 e. The summed E-state index contributed by atoms with van der Waals surface area (Å²) in [6.07, 6.45) is 1.84. The average Bonchev–Trinajstić information content (AvgIpc) is 2.46. The molecule has 0 fully saturated rings. The van der Waals surface area contributed by atoms with Gasteiger partial charge in [-0.1, -0.05) is 23.8 Å². The Morgan fingerprint density at radius 1 is 1.19 bits per heavy atom. The van der Waals surface area contributed by atoms with Gasteiger partial charge in [-0.25, -0.2) is 0 Å². The molecule has 1 N–H and O–H groups in total.